The molecule has 0 aromatic heterocycles. The molecule has 2 N–H and O–H groups in total. The summed E-state index contributed by atoms with van der Waals surface area (Å²) >= 11 is 3.41. The summed E-state index contributed by atoms with van der Waals surface area (Å²) in [4.78, 5) is 11.9. The van der Waals surface area contributed by atoms with E-state index in [1.54, 1.807) is 7.11 Å². The Bertz CT molecular complexity index is 741. The number of ether oxygens (including phenoxy) is 1. The third-order valence-electron chi connectivity index (χ3n) is 3.45. The summed E-state index contributed by atoms with van der Waals surface area (Å²) in [5, 5.41) is 5.58. The first kappa shape index (κ1) is 18.4. The molecule has 0 saturated carbocycles. The van der Waals surface area contributed by atoms with Crippen LogP contribution in [0, 0.1) is 11.6 Å². The van der Waals surface area contributed by atoms with Crippen LogP contribution < -0.4 is 15.4 Å². The number of carbonyl (C=O) groups is 1. The molecule has 0 radical (unpaired) electrons. The molecule has 0 unspecified atom stereocenters. The number of methoxy groups -OCH3 is 1. The largest absolute Gasteiger partial charge is 0.496 e. The van der Waals surface area contributed by atoms with Crippen LogP contribution in [0.1, 0.15) is 18.5 Å². The maximum atomic E-state index is 13.1. The minimum Gasteiger partial charge on any atom is -0.496 e. The Morgan fingerprint density at radius 3 is 2.58 bits per heavy atom. The molecule has 0 bridgehead atoms. The van der Waals surface area contributed by atoms with E-state index in [4.69, 9.17) is 4.74 Å². The van der Waals surface area contributed by atoms with Crippen LogP contribution in [0.5, 0.6) is 5.75 Å². The lowest BCUT2D eigenvalue weighted by Gasteiger charge is -2.15. The highest BCUT2D eigenvalue weighted by Crippen LogP contribution is 2.27. The van der Waals surface area contributed by atoms with E-state index in [1.165, 1.54) is 6.07 Å². The highest BCUT2D eigenvalue weighted by Gasteiger charge is 2.11. The van der Waals surface area contributed by atoms with E-state index in [9.17, 15) is 13.6 Å². The maximum absolute atomic E-state index is 13.1. The first-order valence-electron chi connectivity index (χ1n) is 7.22. The lowest BCUT2D eigenvalue weighted by molar-refractivity contribution is -0.115. The van der Waals surface area contributed by atoms with Crippen molar-refractivity contribution < 1.29 is 18.3 Å². The third-order valence-corrected chi connectivity index (χ3v) is 4.07. The van der Waals surface area contributed by atoms with E-state index in [2.05, 4.69) is 26.6 Å². The Labute approximate surface area is 147 Å². The van der Waals surface area contributed by atoms with Gasteiger partial charge in [-0.3, -0.25) is 4.79 Å². The minimum atomic E-state index is -1.00. The fraction of sp³-hybridized carbons (Fsp3) is 0.235. The van der Waals surface area contributed by atoms with Crippen LogP contribution in [0.4, 0.5) is 14.5 Å². The fourth-order valence-electron chi connectivity index (χ4n) is 2.09. The van der Waals surface area contributed by atoms with E-state index in [0.29, 0.717) is 0 Å². The van der Waals surface area contributed by atoms with Crippen LogP contribution in [0.2, 0.25) is 0 Å². The van der Waals surface area contributed by atoms with Crippen LogP contribution in [0.3, 0.4) is 0 Å². The molecule has 0 spiro atoms. The Balaban J connectivity index is 1.90. The number of carbonyl (C=O) groups excluding carboxylic acids is 1. The molecule has 0 aliphatic carbocycles. The van der Waals surface area contributed by atoms with Crippen molar-refractivity contribution in [1.82, 2.24) is 5.32 Å². The van der Waals surface area contributed by atoms with Gasteiger partial charge in [0.25, 0.3) is 0 Å². The zero-order chi connectivity index (χ0) is 17.7. The van der Waals surface area contributed by atoms with Crippen LogP contribution in [-0.4, -0.2) is 19.6 Å². The second kappa shape index (κ2) is 8.21. The van der Waals surface area contributed by atoms with Gasteiger partial charge in [-0.15, -0.1) is 0 Å². The summed E-state index contributed by atoms with van der Waals surface area (Å²) in [5.41, 5.74) is 1.18. The van der Waals surface area contributed by atoms with E-state index in [1.807, 2.05) is 25.1 Å². The number of nitrogens with one attached hydrogen (secondary N) is 2. The smallest absolute Gasteiger partial charge is 0.238 e. The average Bonchev–Trinajstić information content (AvgIpc) is 2.56. The Morgan fingerprint density at radius 2 is 1.96 bits per heavy atom. The lowest BCUT2D eigenvalue weighted by atomic mass is 10.1. The summed E-state index contributed by atoms with van der Waals surface area (Å²) in [7, 11) is 1.59. The SMILES string of the molecule is COc1ccc([C@H](C)NCC(=O)Nc2ccc(F)c(F)c2)cc1Br. The van der Waals surface area contributed by atoms with Gasteiger partial charge in [0.05, 0.1) is 18.1 Å². The van der Waals surface area contributed by atoms with Crippen LogP contribution in [0.15, 0.2) is 40.9 Å². The number of anilines is 1. The van der Waals surface area contributed by atoms with Crippen molar-refractivity contribution in [1.29, 1.82) is 0 Å². The molecule has 0 heterocycles. The van der Waals surface area contributed by atoms with Gasteiger partial charge in [0.1, 0.15) is 5.75 Å². The van der Waals surface area contributed by atoms with Gasteiger partial charge in [-0.25, -0.2) is 8.78 Å². The second-order valence-corrected chi connectivity index (χ2v) is 6.03. The predicted octanol–water partition coefficient (Wildman–Crippen LogP) is 4.03. The van der Waals surface area contributed by atoms with Crippen molar-refractivity contribution in [3.05, 3.63) is 58.1 Å². The van der Waals surface area contributed by atoms with Crippen molar-refractivity contribution in [3.8, 4) is 5.75 Å². The topological polar surface area (TPSA) is 50.4 Å². The van der Waals surface area contributed by atoms with Crippen molar-refractivity contribution >= 4 is 27.5 Å². The number of hydrogen-bond donors (Lipinski definition) is 2. The van der Waals surface area contributed by atoms with Gasteiger partial charge in [-0.05, 0) is 52.7 Å². The zero-order valence-electron chi connectivity index (χ0n) is 13.2. The molecule has 0 fully saturated rings. The first-order valence-corrected chi connectivity index (χ1v) is 8.01. The second-order valence-electron chi connectivity index (χ2n) is 5.17. The summed E-state index contributed by atoms with van der Waals surface area (Å²) in [6.07, 6.45) is 0. The molecule has 4 nitrogen and oxygen atoms in total. The Hall–Kier alpha value is -1.99. The number of benzene rings is 2. The highest BCUT2D eigenvalue weighted by molar-refractivity contribution is 9.10. The molecule has 2 aromatic rings. The number of rotatable bonds is 6. The van der Waals surface area contributed by atoms with Crippen LogP contribution in [0.25, 0.3) is 0 Å². The van der Waals surface area contributed by atoms with Gasteiger partial charge in [-0.2, -0.15) is 0 Å². The maximum Gasteiger partial charge on any atom is 0.238 e. The van der Waals surface area contributed by atoms with E-state index < -0.39 is 11.6 Å². The molecule has 2 rings (SSSR count). The molecule has 0 saturated heterocycles. The minimum absolute atomic E-state index is 0.0316. The van der Waals surface area contributed by atoms with Gasteiger partial charge in [0, 0.05) is 17.8 Å². The van der Waals surface area contributed by atoms with Crippen molar-refractivity contribution in [2.75, 3.05) is 19.0 Å². The van der Waals surface area contributed by atoms with E-state index >= 15 is 0 Å². The summed E-state index contributed by atoms with van der Waals surface area (Å²) < 4.78 is 32.0. The average molecular weight is 399 g/mol. The molecule has 7 heteroatoms. The fourth-order valence-corrected chi connectivity index (χ4v) is 2.65. The number of amides is 1. The standard InChI is InChI=1S/C17H17BrF2N2O2/c1-10(11-3-6-16(24-2)13(18)7-11)21-9-17(23)22-12-4-5-14(19)15(20)8-12/h3-8,10,21H,9H2,1-2H3,(H,22,23)/t10-/m0/s1. The summed E-state index contributed by atoms with van der Waals surface area (Å²) in [6, 6.07) is 8.77. The summed E-state index contributed by atoms with van der Waals surface area (Å²) in [5.74, 6) is -1.58. The summed E-state index contributed by atoms with van der Waals surface area (Å²) in [6.45, 7) is 1.95. The highest BCUT2D eigenvalue weighted by atomic mass is 79.9. The molecule has 1 amide bonds. The van der Waals surface area contributed by atoms with Gasteiger partial charge < -0.3 is 15.4 Å². The number of hydrogen-bond acceptors (Lipinski definition) is 3. The van der Waals surface area contributed by atoms with Gasteiger partial charge >= 0.3 is 0 Å². The third kappa shape index (κ3) is 4.75. The van der Waals surface area contributed by atoms with Gasteiger partial charge in [0.2, 0.25) is 5.91 Å². The van der Waals surface area contributed by atoms with Crippen LogP contribution >= 0.6 is 15.9 Å². The quantitative estimate of drug-likeness (QED) is 0.772. The molecule has 1 atom stereocenters. The zero-order valence-corrected chi connectivity index (χ0v) is 14.8. The normalized spacial score (nSPS) is 11.9. The molecule has 0 aliphatic heterocycles. The Morgan fingerprint density at radius 1 is 1.21 bits per heavy atom. The predicted molar refractivity (Wildman–Crippen MR) is 92.1 cm³/mol. The van der Waals surface area contributed by atoms with Crippen molar-refractivity contribution in [2.24, 2.45) is 0 Å². The van der Waals surface area contributed by atoms with E-state index in [-0.39, 0.29) is 24.2 Å². The van der Waals surface area contributed by atoms with Crippen molar-refractivity contribution in [3.63, 3.8) is 0 Å². The first-order chi connectivity index (χ1) is 11.4. The van der Waals surface area contributed by atoms with E-state index in [0.717, 1.165) is 27.9 Å². The van der Waals surface area contributed by atoms with Crippen LogP contribution in [-0.2, 0) is 4.79 Å². The van der Waals surface area contributed by atoms with Gasteiger partial charge in [-0.1, -0.05) is 6.07 Å². The number of halogens is 3. The van der Waals surface area contributed by atoms with Crippen molar-refractivity contribution in [2.45, 2.75) is 13.0 Å². The lowest BCUT2D eigenvalue weighted by Crippen LogP contribution is -2.30. The Kier molecular flexibility index (Phi) is 6.28. The molecule has 24 heavy (non-hydrogen) atoms. The monoisotopic (exact) mass is 398 g/mol. The molecule has 128 valence electrons. The molecular formula is C17H17BrF2N2O2. The molecule has 2 aromatic carbocycles. The molecular weight excluding hydrogens is 382 g/mol. The molecule has 0 aliphatic rings. The van der Waals surface area contributed by atoms with Gasteiger partial charge in [0.15, 0.2) is 11.6 Å².